The van der Waals surface area contributed by atoms with Crippen LogP contribution < -0.4 is 0 Å². The van der Waals surface area contributed by atoms with Gasteiger partial charge in [-0.25, -0.2) is 0 Å². The van der Waals surface area contributed by atoms with E-state index in [1.807, 2.05) is 0 Å². The number of hydrogen-bond donors (Lipinski definition) is 0. The van der Waals surface area contributed by atoms with Gasteiger partial charge >= 0.3 is 0 Å². The van der Waals surface area contributed by atoms with Crippen molar-refractivity contribution in [1.82, 2.24) is 4.90 Å². The van der Waals surface area contributed by atoms with Crippen molar-refractivity contribution in [2.75, 3.05) is 13.1 Å². The van der Waals surface area contributed by atoms with Gasteiger partial charge in [0.05, 0.1) is 6.07 Å². The quantitative estimate of drug-likeness (QED) is 0.623. The van der Waals surface area contributed by atoms with Crippen molar-refractivity contribution in [3.05, 3.63) is 0 Å². The van der Waals surface area contributed by atoms with Gasteiger partial charge in [0.25, 0.3) is 0 Å². The maximum Gasteiger partial charge on any atom is 0.0635 e. The van der Waals surface area contributed by atoms with Crippen molar-refractivity contribution in [3.63, 3.8) is 0 Å². The van der Waals surface area contributed by atoms with E-state index in [9.17, 15) is 0 Å². The lowest BCUT2D eigenvalue weighted by Crippen LogP contribution is -2.49. The van der Waals surface area contributed by atoms with Crippen LogP contribution in [0.3, 0.4) is 0 Å². The Labute approximate surface area is 74.2 Å². The van der Waals surface area contributed by atoms with Gasteiger partial charge < -0.3 is 0 Å². The Morgan fingerprint density at radius 1 is 1.25 bits per heavy atom. The second-order valence-corrected chi connectivity index (χ2v) is 4.08. The van der Waals surface area contributed by atoms with Crippen LogP contribution in [0.15, 0.2) is 0 Å². The highest BCUT2D eigenvalue weighted by atomic mass is 15.2. The van der Waals surface area contributed by atoms with Crippen LogP contribution in [0, 0.1) is 11.3 Å². The first-order chi connectivity index (χ1) is 5.87. The summed E-state index contributed by atoms with van der Waals surface area (Å²) in [5.74, 6) is 0. The highest BCUT2D eigenvalue weighted by Gasteiger charge is 2.44. The average molecular weight is 164 g/mol. The summed E-state index contributed by atoms with van der Waals surface area (Å²) in [5.41, 5.74) is 0.566. The minimum Gasteiger partial charge on any atom is -0.297 e. The van der Waals surface area contributed by atoms with E-state index in [0.717, 1.165) is 6.54 Å². The molecule has 0 bridgehead atoms. The topological polar surface area (TPSA) is 27.0 Å². The predicted octanol–water partition coefficient (Wildman–Crippen LogP) is 1.92. The lowest BCUT2D eigenvalue weighted by atomic mass is 9.75. The fourth-order valence-electron chi connectivity index (χ4n) is 2.68. The third kappa shape index (κ3) is 1.13. The summed E-state index contributed by atoms with van der Waals surface area (Å²) in [5, 5.41) is 8.51. The number of nitrogens with zero attached hydrogens (tertiary/aromatic N) is 2. The second kappa shape index (κ2) is 3.06. The Morgan fingerprint density at radius 3 is 2.58 bits per heavy atom. The molecule has 2 nitrogen and oxygen atoms in total. The standard InChI is InChI=1S/C10H16N2/c11-7-3-9-12-8-2-6-10(12)4-1-5-10/h1-6,8-9H2. The van der Waals surface area contributed by atoms with E-state index in [-0.39, 0.29) is 0 Å². The van der Waals surface area contributed by atoms with Crippen molar-refractivity contribution in [2.45, 2.75) is 44.1 Å². The summed E-state index contributed by atoms with van der Waals surface area (Å²) in [6.07, 6.45) is 7.63. The van der Waals surface area contributed by atoms with E-state index in [0.29, 0.717) is 12.0 Å². The van der Waals surface area contributed by atoms with Gasteiger partial charge in [0.15, 0.2) is 0 Å². The molecule has 2 fully saturated rings. The van der Waals surface area contributed by atoms with Crippen molar-refractivity contribution < 1.29 is 0 Å². The number of hydrogen-bond acceptors (Lipinski definition) is 2. The van der Waals surface area contributed by atoms with Gasteiger partial charge in [0.1, 0.15) is 0 Å². The fourth-order valence-corrected chi connectivity index (χ4v) is 2.68. The Kier molecular flexibility index (Phi) is 2.06. The number of nitriles is 1. The molecule has 0 atom stereocenters. The van der Waals surface area contributed by atoms with Gasteiger partial charge in [0, 0.05) is 18.5 Å². The molecule has 1 aliphatic carbocycles. The summed E-state index contributed by atoms with van der Waals surface area (Å²) in [6, 6.07) is 2.24. The molecule has 0 amide bonds. The molecule has 0 aromatic carbocycles. The summed E-state index contributed by atoms with van der Waals surface area (Å²) < 4.78 is 0. The van der Waals surface area contributed by atoms with Gasteiger partial charge in [-0.15, -0.1) is 0 Å². The maximum atomic E-state index is 8.51. The van der Waals surface area contributed by atoms with Crippen molar-refractivity contribution in [3.8, 4) is 6.07 Å². The zero-order chi connectivity index (χ0) is 8.44. The van der Waals surface area contributed by atoms with Crippen molar-refractivity contribution in [1.29, 1.82) is 5.26 Å². The van der Waals surface area contributed by atoms with Gasteiger partial charge in [-0.3, -0.25) is 4.90 Å². The lowest BCUT2D eigenvalue weighted by molar-refractivity contribution is 0.0581. The van der Waals surface area contributed by atoms with Crippen LogP contribution in [0.25, 0.3) is 0 Å². The Balaban J connectivity index is 1.91. The van der Waals surface area contributed by atoms with Crippen molar-refractivity contribution in [2.24, 2.45) is 0 Å². The monoisotopic (exact) mass is 164 g/mol. The van der Waals surface area contributed by atoms with Crippen LogP contribution in [0.2, 0.25) is 0 Å². The van der Waals surface area contributed by atoms with E-state index in [2.05, 4.69) is 11.0 Å². The smallest absolute Gasteiger partial charge is 0.0635 e. The molecule has 0 N–H and O–H groups in total. The molecule has 1 saturated carbocycles. The van der Waals surface area contributed by atoms with E-state index in [1.165, 1.54) is 38.6 Å². The lowest BCUT2D eigenvalue weighted by Gasteiger charge is -2.45. The highest BCUT2D eigenvalue weighted by Crippen LogP contribution is 2.45. The molecule has 1 spiro atoms. The first-order valence-corrected chi connectivity index (χ1v) is 4.99. The zero-order valence-corrected chi connectivity index (χ0v) is 7.55. The van der Waals surface area contributed by atoms with Crippen LogP contribution in [-0.4, -0.2) is 23.5 Å². The largest absolute Gasteiger partial charge is 0.297 e. The Morgan fingerprint density at radius 2 is 2.00 bits per heavy atom. The fraction of sp³-hybridized carbons (Fsp3) is 0.900. The average Bonchev–Trinajstić information content (AvgIpc) is 2.42. The van der Waals surface area contributed by atoms with E-state index in [1.54, 1.807) is 0 Å². The van der Waals surface area contributed by atoms with E-state index < -0.39 is 0 Å². The molecule has 0 unspecified atom stereocenters. The molecule has 12 heavy (non-hydrogen) atoms. The summed E-state index contributed by atoms with van der Waals surface area (Å²) in [6.45, 7) is 2.25. The summed E-state index contributed by atoms with van der Waals surface area (Å²) in [4.78, 5) is 2.56. The van der Waals surface area contributed by atoms with Gasteiger partial charge in [-0.2, -0.15) is 5.26 Å². The SMILES string of the molecule is N#CCCN1CCCC12CCC2. The van der Waals surface area contributed by atoms with Gasteiger partial charge in [0.2, 0.25) is 0 Å². The minimum atomic E-state index is 0.566. The van der Waals surface area contributed by atoms with Crippen LogP contribution in [0.1, 0.15) is 38.5 Å². The molecule has 1 aliphatic heterocycles. The Hall–Kier alpha value is -0.550. The number of rotatable bonds is 2. The predicted molar refractivity (Wildman–Crippen MR) is 47.6 cm³/mol. The third-order valence-corrected chi connectivity index (χ3v) is 3.52. The highest BCUT2D eigenvalue weighted by molar-refractivity contribution is 5.02. The van der Waals surface area contributed by atoms with Crippen LogP contribution >= 0.6 is 0 Å². The molecule has 0 radical (unpaired) electrons. The first kappa shape index (κ1) is 8.07. The van der Waals surface area contributed by atoms with Crippen molar-refractivity contribution >= 4 is 0 Å². The van der Waals surface area contributed by atoms with Gasteiger partial charge in [-0.05, 0) is 38.6 Å². The summed E-state index contributed by atoms with van der Waals surface area (Å²) >= 11 is 0. The molecular weight excluding hydrogens is 148 g/mol. The number of likely N-dealkylation sites (tertiary alicyclic amines) is 1. The molecule has 0 aromatic heterocycles. The van der Waals surface area contributed by atoms with E-state index in [4.69, 9.17) is 5.26 Å². The molecular formula is C10H16N2. The van der Waals surface area contributed by atoms with Crippen LogP contribution in [0.4, 0.5) is 0 Å². The molecule has 1 saturated heterocycles. The Bertz CT molecular complexity index is 200. The van der Waals surface area contributed by atoms with Crippen LogP contribution in [0.5, 0.6) is 0 Å². The molecule has 66 valence electrons. The minimum absolute atomic E-state index is 0.566. The second-order valence-electron chi connectivity index (χ2n) is 4.08. The van der Waals surface area contributed by atoms with E-state index >= 15 is 0 Å². The molecule has 1 heterocycles. The molecule has 2 aliphatic rings. The zero-order valence-electron chi connectivity index (χ0n) is 7.55. The first-order valence-electron chi connectivity index (χ1n) is 4.99. The normalized spacial score (nSPS) is 26.9. The molecule has 2 heteroatoms. The third-order valence-electron chi connectivity index (χ3n) is 3.52. The van der Waals surface area contributed by atoms with Gasteiger partial charge in [-0.1, -0.05) is 0 Å². The molecule has 0 aromatic rings. The summed E-state index contributed by atoms with van der Waals surface area (Å²) in [7, 11) is 0. The van der Waals surface area contributed by atoms with Crippen LogP contribution in [-0.2, 0) is 0 Å². The maximum absolute atomic E-state index is 8.51. The molecule has 2 rings (SSSR count).